The number of hydrogen-bond donors (Lipinski definition) is 1. The van der Waals surface area contributed by atoms with Gasteiger partial charge >= 0.3 is 0 Å². The summed E-state index contributed by atoms with van der Waals surface area (Å²) in [6, 6.07) is 43.2. The predicted octanol–water partition coefficient (Wildman–Crippen LogP) is 10.2. The van der Waals surface area contributed by atoms with Crippen LogP contribution in [0.4, 0.5) is 0 Å². The molecule has 0 atom stereocenters. The molecule has 206 valence electrons. The zero-order valence-electron chi connectivity index (χ0n) is 23.9. The largest absolute Gasteiger partial charge is 0.456 e. The van der Waals surface area contributed by atoms with Crippen LogP contribution in [0.3, 0.4) is 0 Å². The van der Waals surface area contributed by atoms with E-state index >= 15 is 0 Å². The summed E-state index contributed by atoms with van der Waals surface area (Å²) >= 11 is 0. The first kappa shape index (κ1) is 25.1. The number of aromatic amines is 1. The van der Waals surface area contributed by atoms with Gasteiger partial charge in [-0.3, -0.25) is 9.36 Å². The first-order valence-corrected chi connectivity index (χ1v) is 14.5. The van der Waals surface area contributed by atoms with Crippen LogP contribution in [0.5, 0.6) is 0 Å². The molecule has 0 spiro atoms. The van der Waals surface area contributed by atoms with Crippen LogP contribution in [0.25, 0.3) is 66.6 Å². The minimum atomic E-state index is -0.0581. The lowest BCUT2D eigenvalue weighted by Crippen LogP contribution is -2.06. The molecule has 0 radical (unpaired) electrons. The summed E-state index contributed by atoms with van der Waals surface area (Å²) in [5.74, 6) is -0.0581. The monoisotopic (exact) mass is 556 g/mol. The second-order valence-corrected chi connectivity index (χ2v) is 11.2. The number of hydrogen-bond acceptors (Lipinski definition) is 2. The zero-order valence-corrected chi connectivity index (χ0v) is 23.9. The van der Waals surface area contributed by atoms with Crippen LogP contribution in [-0.2, 0) is 0 Å². The molecule has 1 N–H and O–H groups in total. The molecule has 2 aliphatic rings. The van der Waals surface area contributed by atoms with Crippen molar-refractivity contribution in [1.29, 1.82) is 0 Å². The highest BCUT2D eigenvalue weighted by Crippen LogP contribution is 2.40. The van der Waals surface area contributed by atoms with Gasteiger partial charge in [-0.15, -0.1) is 0 Å². The van der Waals surface area contributed by atoms with Crippen LogP contribution >= 0.6 is 0 Å². The normalized spacial score (nSPS) is 12.0. The molecule has 0 aliphatic carbocycles. The van der Waals surface area contributed by atoms with Crippen molar-refractivity contribution in [2.24, 2.45) is 0 Å². The Balaban J connectivity index is 1.57. The number of fused-ring (bicyclic) bond motifs is 5. The first-order chi connectivity index (χ1) is 21.0. The van der Waals surface area contributed by atoms with Crippen molar-refractivity contribution >= 4 is 39.1 Å². The average molecular weight is 557 g/mol. The fourth-order valence-corrected chi connectivity index (χ4v) is 6.20. The lowest BCUT2D eigenvalue weighted by atomic mass is 10.0. The fraction of sp³-hybridized carbons (Fsp3) is 0.0513. The molecule has 2 aliphatic heterocycles. The van der Waals surface area contributed by atoms with Gasteiger partial charge < -0.3 is 9.40 Å². The molecule has 0 saturated heterocycles. The number of H-pyrrole nitrogens is 1. The summed E-state index contributed by atoms with van der Waals surface area (Å²) in [7, 11) is 0. The van der Waals surface area contributed by atoms with E-state index in [-0.39, 0.29) is 5.91 Å². The molecule has 8 rings (SSSR count). The van der Waals surface area contributed by atoms with Gasteiger partial charge in [-0.05, 0) is 79.1 Å². The first-order valence-electron chi connectivity index (χ1n) is 14.5. The second kappa shape index (κ2) is 9.74. The number of rotatable bonds is 3. The molecular weight excluding hydrogens is 528 g/mol. The van der Waals surface area contributed by atoms with Crippen molar-refractivity contribution in [1.82, 2.24) is 9.55 Å². The van der Waals surface area contributed by atoms with Gasteiger partial charge in [0.1, 0.15) is 11.2 Å². The van der Waals surface area contributed by atoms with E-state index < -0.39 is 0 Å². The summed E-state index contributed by atoms with van der Waals surface area (Å²) in [5.41, 5.74) is 13.8. The summed E-state index contributed by atoms with van der Waals surface area (Å²) in [6.45, 7) is 4.17. The summed E-state index contributed by atoms with van der Waals surface area (Å²) < 4.78 is 8.61. The molecule has 3 aromatic heterocycles. The minimum absolute atomic E-state index is 0.0581. The van der Waals surface area contributed by atoms with Crippen molar-refractivity contribution < 1.29 is 9.21 Å². The van der Waals surface area contributed by atoms with Gasteiger partial charge in [0.15, 0.2) is 0 Å². The van der Waals surface area contributed by atoms with Gasteiger partial charge in [0, 0.05) is 22.2 Å². The van der Waals surface area contributed by atoms with Gasteiger partial charge in [0.2, 0.25) is 0 Å². The number of aromatic nitrogens is 2. The van der Waals surface area contributed by atoms with E-state index in [4.69, 9.17) is 4.42 Å². The number of aryl methyl sites for hydroxylation is 2. The van der Waals surface area contributed by atoms with Crippen molar-refractivity contribution in [3.05, 3.63) is 144 Å². The highest BCUT2D eigenvalue weighted by molar-refractivity contribution is 6.17. The zero-order chi connectivity index (χ0) is 29.1. The maximum Gasteiger partial charge on any atom is 0.263 e. The molecule has 4 heteroatoms. The van der Waals surface area contributed by atoms with Crippen LogP contribution in [0.15, 0.2) is 132 Å². The average Bonchev–Trinajstić information content (AvgIpc) is 3.82. The Morgan fingerprint density at radius 1 is 0.535 bits per heavy atom. The Hall–Kier alpha value is -5.61. The Bertz CT molecular complexity index is 2300. The van der Waals surface area contributed by atoms with Crippen molar-refractivity contribution in [3.8, 4) is 33.4 Å². The van der Waals surface area contributed by atoms with Gasteiger partial charge in [-0.1, -0.05) is 90.0 Å². The van der Waals surface area contributed by atoms with Gasteiger partial charge in [0.05, 0.1) is 22.1 Å². The standard InChI is InChI=1S/C39H28N2O2/c1-24-8-12-27(13-9-24)37-31-19-17-29(40-31)16-18-30-36(26-6-4-3-5-7-26)32-20-21-33(41(32)39(30)42)38(35-23-22-34(37)43-35)28-14-10-25(2)11-15-28/h3-23,40H,1-2H3. The van der Waals surface area contributed by atoms with Crippen LogP contribution in [0, 0.1) is 13.8 Å². The van der Waals surface area contributed by atoms with Crippen molar-refractivity contribution in [2.75, 3.05) is 0 Å². The molecule has 3 aromatic carbocycles. The summed E-state index contributed by atoms with van der Waals surface area (Å²) in [6.07, 6.45) is 0. The molecule has 43 heavy (non-hydrogen) atoms. The molecule has 4 nitrogen and oxygen atoms in total. The van der Waals surface area contributed by atoms with Crippen molar-refractivity contribution in [2.45, 2.75) is 13.8 Å². The number of nitrogens with zero attached hydrogens (tertiary/aromatic N) is 1. The van der Waals surface area contributed by atoms with Gasteiger partial charge in [0.25, 0.3) is 5.91 Å². The minimum Gasteiger partial charge on any atom is -0.456 e. The number of nitrogens with one attached hydrogen (secondary N) is 1. The Labute approximate surface area is 248 Å². The number of carbonyl (C=O) groups excluding carboxylic acids is 1. The number of benzene rings is 3. The van der Waals surface area contributed by atoms with Crippen molar-refractivity contribution in [3.63, 3.8) is 0 Å². The van der Waals surface area contributed by atoms with Crippen LogP contribution < -0.4 is 0 Å². The maximum atomic E-state index is 14.3. The lowest BCUT2D eigenvalue weighted by Gasteiger charge is -2.07. The highest BCUT2D eigenvalue weighted by atomic mass is 16.3. The summed E-state index contributed by atoms with van der Waals surface area (Å²) in [4.78, 5) is 17.9. The molecule has 6 aromatic rings. The molecule has 5 heterocycles. The van der Waals surface area contributed by atoms with E-state index in [0.29, 0.717) is 11.1 Å². The molecular formula is C39H28N2O2. The molecule has 0 fully saturated rings. The van der Waals surface area contributed by atoms with E-state index in [9.17, 15) is 4.79 Å². The summed E-state index contributed by atoms with van der Waals surface area (Å²) in [5, 5.41) is 0. The third-order valence-electron chi connectivity index (χ3n) is 8.35. The third kappa shape index (κ3) is 4.11. The number of carbonyl (C=O) groups is 1. The van der Waals surface area contributed by atoms with E-state index in [2.05, 4.69) is 91.6 Å². The van der Waals surface area contributed by atoms with E-state index in [1.807, 2.05) is 59.2 Å². The van der Waals surface area contributed by atoms with Gasteiger partial charge in [-0.25, -0.2) is 0 Å². The van der Waals surface area contributed by atoms with E-state index in [1.54, 1.807) is 0 Å². The van der Waals surface area contributed by atoms with Gasteiger partial charge in [-0.2, -0.15) is 0 Å². The maximum absolute atomic E-state index is 14.3. The lowest BCUT2D eigenvalue weighted by molar-refractivity contribution is 0.0974. The Morgan fingerprint density at radius 2 is 1.09 bits per heavy atom. The second-order valence-electron chi connectivity index (χ2n) is 11.2. The number of furan rings is 1. The van der Waals surface area contributed by atoms with Crippen LogP contribution in [0.1, 0.15) is 21.5 Å². The fourth-order valence-electron chi connectivity index (χ4n) is 6.20. The third-order valence-corrected chi connectivity index (χ3v) is 8.35. The highest BCUT2D eigenvalue weighted by Gasteiger charge is 2.27. The topological polar surface area (TPSA) is 50.9 Å². The smallest absolute Gasteiger partial charge is 0.263 e. The van der Waals surface area contributed by atoms with E-state index in [1.165, 1.54) is 11.1 Å². The molecule has 0 unspecified atom stereocenters. The Morgan fingerprint density at radius 3 is 1.77 bits per heavy atom. The van der Waals surface area contributed by atoms with E-state index in [0.717, 1.165) is 61.0 Å². The quantitative estimate of drug-likeness (QED) is 0.235. The molecule has 6 bridgehead atoms. The van der Waals surface area contributed by atoms with Crippen LogP contribution in [0.2, 0.25) is 0 Å². The SMILES string of the molecule is Cc1ccc(-c2c3ccc(ccc4c(-c5ccccc5)c5ccc(c(-c6ccc(C)cc6)c6ccc2o6)n5C4=O)[nH]3)cc1. The van der Waals surface area contributed by atoms with Crippen LogP contribution in [-0.4, -0.2) is 15.5 Å². The molecule has 0 saturated carbocycles. The molecule has 0 amide bonds. The predicted molar refractivity (Wildman–Crippen MR) is 176 cm³/mol. The Kier molecular flexibility index (Phi) is 5.69.